The molecule has 0 saturated carbocycles. The van der Waals surface area contributed by atoms with Gasteiger partial charge in [-0.3, -0.25) is 9.69 Å². The summed E-state index contributed by atoms with van der Waals surface area (Å²) in [6.45, 7) is 0. The Morgan fingerprint density at radius 1 is 1.00 bits per heavy atom. The summed E-state index contributed by atoms with van der Waals surface area (Å²) in [5.41, 5.74) is 1.53. The Balaban J connectivity index is 2.06. The van der Waals surface area contributed by atoms with Crippen LogP contribution in [0.1, 0.15) is 22.0 Å². The number of para-hydroxylation sites is 1. The molecule has 0 aliphatic heterocycles. The van der Waals surface area contributed by atoms with Crippen LogP contribution in [0.25, 0.3) is 0 Å². The number of amides is 1. The number of halogens is 1. The minimum atomic E-state index is -0.851. The number of anilines is 1. The van der Waals surface area contributed by atoms with E-state index in [1.165, 1.54) is 29.2 Å². The van der Waals surface area contributed by atoms with Crippen molar-refractivity contribution in [3.05, 3.63) is 95.8 Å². The normalized spacial score (nSPS) is 11.3. The molecular weight excluding hydrogens is 343 g/mol. The van der Waals surface area contributed by atoms with Gasteiger partial charge in [0.15, 0.2) is 0 Å². The molecule has 0 bridgehead atoms. The van der Waals surface area contributed by atoms with Crippen LogP contribution in [0.2, 0.25) is 0 Å². The molecule has 0 spiro atoms. The molecule has 134 valence electrons. The maximum Gasteiger partial charge on any atom is 0.259 e. The number of rotatable bonds is 5. The van der Waals surface area contributed by atoms with Crippen LogP contribution >= 0.6 is 0 Å². The standard InChI is InChI=1S/C22H17FN2O2/c1-27-20-13-9-16(10-14-20)21(15-24)25(19-5-3-2-4-6-19)22(26)17-7-11-18(23)12-8-17/h2-14,21H,1H3. The molecule has 4 nitrogen and oxygen atoms in total. The number of hydrogen-bond acceptors (Lipinski definition) is 3. The van der Waals surface area contributed by atoms with Crippen molar-refractivity contribution in [3.63, 3.8) is 0 Å². The number of nitriles is 1. The second-order valence-corrected chi connectivity index (χ2v) is 5.82. The van der Waals surface area contributed by atoms with E-state index < -0.39 is 11.9 Å². The van der Waals surface area contributed by atoms with Gasteiger partial charge in [0.1, 0.15) is 17.6 Å². The highest BCUT2D eigenvalue weighted by Crippen LogP contribution is 2.29. The first-order chi connectivity index (χ1) is 13.1. The first-order valence-electron chi connectivity index (χ1n) is 8.32. The fourth-order valence-electron chi connectivity index (χ4n) is 2.77. The number of nitrogens with zero attached hydrogens (tertiary/aromatic N) is 2. The smallest absolute Gasteiger partial charge is 0.259 e. The molecule has 1 unspecified atom stereocenters. The topological polar surface area (TPSA) is 53.3 Å². The van der Waals surface area contributed by atoms with E-state index in [0.717, 1.165) is 0 Å². The molecule has 1 amide bonds. The summed E-state index contributed by atoms with van der Waals surface area (Å²) in [5.74, 6) is -0.153. The molecule has 0 heterocycles. The highest BCUT2D eigenvalue weighted by Gasteiger charge is 2.27. The maximum absolute atomic E-state index is 13.2. The Bertz CT molecular complexity index is 948. The van der Waals surface area contributed by atoms with Crippen molar-refractivity contribution in [1.82, 2.24) is 0 Å². The molecule has 1 atom stereocenters. The molecule has 0 aliphatic rings. The Labute approximate surface area is 157 Å². The first kappa shape index (κ1) is 18.2. The Kier molecular flexibility index (Phi) is 5.48. The van der Waals surface area contributed by atoms with Crippen molar-refractivity contribution < 1.29 is 13.9 Å². The van der Waals surface area contributed by atoms with Crippen LogP contribution < -0.4 is 9.64 Å². The van der Waals surface area contributed by atoms with Crippen LogP contribution in [0.5, 0.6) is 5.75 Å². The van der Waals surface area contributed by atoms with Crippen molar-refractivity contribution in [2.75, 3.05) is 12.0 Å². The van der Waals surface area contributed by atoms with Gasteiger partial charge in [-0.25, -0.2) is 4.39 Å². The molecule has 5 heteroatoms. The molecular formula is C22H17FN2O2. The molecule has 0 saturated heterocycles. The predicted molar refractivity (Wildman–Crippen MR) is 101 cm³/mol. The van der Waals surface area contributed by atoms with E-state index in [0.29, 0.717) is 22.6 Å². The molecule has 3 aromatic rings. The van der Waals surface area contributed by atoms with Crippen molar-refractivity contribution in [2.24, 2.45) is 0 Å². The summed E-state index contributed by atoms with van der Waals surface area (Å²) in [4.78, 5) is 14.6. The summed E-state index contributed by atoms with van der Waals surface area (Å²) in [7, 11) is 1.56. The Morgan fingerprint density at radius 3 is 2.19 bits per heavy atom. The molecule has 0 N–H and O–H groups in total. The molecule has 0 fully saturated rings. The molecule has 3 rings (SSSR count). The summed E-state index contributed by atoms with van der Waals surface area (Å²) >= 11 is 0. The van der Waals surface area contributed by atoms with E-state index in [4.69, 9.17) is 4.74 Å². The van der Waals surface area contributed by atoms with E-state index >= 15 is 0 Å². The van der Waals surface area contributed by atoms with Gasteiger partial charge in [-0.15, -0.1) is 0 Å². The summed E-state index contributed by atoms with van der Waals surface area (Å²) in [5, 5.41) is 9.84. The van der Waals surface area contributed by atoms with Crippen molar-refractivity contribution in [2.45, 2.75) is 6.04 Å². The third kappa shape index (κ3) is 3.96. The van der Waals surface area contributed by atoms with Crippen LogP contribution in [0.15, 0.2) is 78.9 Å². The van der Waals surface area contributed by atoms with Gasteiger partial charge in [0.25, 0.3) is 5.91 Å². The quantitative estimate of drug-likeness (QED) is 0.660. The molecule has 0 aliphatic carbocycles. The molecule has 0 radical (unpaired) electrons. The van der Waals surface area contributed by atoms with Gasteiger partial charge in [-0.2, -0.15) is 5.26 Å². The SMILES string of the molecule is COc1ccc(C(C#N)N(C(=O)c2ccc(F)cc2)c2ccccc2)cc1. The zero-order chi connectivity index (χ0) is 19.2. The lowest BCUT2D eigenvalue weighted by molar-refractivity contribution is 0.0981. The number of hydrogen-bond donors (Lipinski definition) is 0. The maximum atomic E-state index is 13.2. The summed E-state index contributed by atoms with van der Waals surface area (Å²) in [6.07, 6.45) is 0. The Morgan fingerprint density at radius 2 is 1.63 bits per heavy atom. The van der Waals surface area contributed by atoms with Crippen LogP contribution in [-0.2, 0) is 0 Å². The lowest BCUT2D eigenvalue weighted by atomic mass is 10.0. The Hall–Kier alpha value is -3.65. The van der Waals surface area contributed by atoms with Gasteiger partial charge < -0.3 is 4.74 Å². The van der Waals surface area contributed by atoms with Gasteiger partial charge in [0, 0.05) is 11.3 Å². The van der Waals surface area contributed by atoms with Crippen LogP contribution in [-0.4, -0.2) is 13.0 Å². The number of ether oxygens (including phenoxy) is 1. The van der Waals surface area contributed by atoms with Gasteiger partial charge in [-0.1, -0.05) is 30.3 Å². The zero-order valence-electron chi connectivity index (χ0n) is 14.7. The second kappa shape index (κ2) is 8.15. The predicted octanol–water partition coefficient (Wildman–Crippen LogP) is 4.75. The third-order valence-electron chi connectivity index (χ3n) is 4.16. The van der Waals surface area contributed by atoms with E-state index in [1.54, 1.807) is 55.6 Å². The second-order valence-electron chi connectivity index (χ2n) is 5.82. The zero-order valence-corrected chi connectivity index (χ0v) is 14.7. The van der Waals surface area contributed by atoms with Crippen molar-refractivity contribution >= 4 is 11.6 Å². The monoisotopic (exact) mass is 360 g/mol. The van der Waals surface area contributed by atoms with Crippen LogP contribution in [0.4, 0.5) is 10.1 Å². The average Bonchev–Trinajstić information content (AvgIpc) is 2.73. The van der Waals surface area contributed by atoms with Gasteiger partial charge in [0.05, 0.1) is 13.2 Å². The fourth-order valence-corrected chi connectivity index (χ4v) is 2.77. The largest absolute Gasteiger partial charge is 0.497 e. The number of carbonyl (C=O) groups excluding carboxylic acids is 1. The summed E-state index contributed by atoms with van der Waals surface area (Å²) in [6, 6.07) is 22.6. The van der Waals surface area contributed by atoms with Gasteiger partial charge in [0.2, 0.25) is 0 Å². The van der Waals surface area contributed by atoms with Crippen LogP contribution in [0, 0.1) is 17.1 Å². The average molecular weight is 360 g/mol. The minimum Gasteiger partial charge on any atom is -0.497 e. The summed E-state index contributed by atoms with van der Waals surface area (Å²) < 4.78 is 18.4. The number of carbonyl (C=O) groups is 1. The van der Waals surface area contributed by atoms with E-state index in [2.05, 4.69) is 6.07 Å². The van der Waals surface area contributed by atoms with Gasteiger partial charge >= 0.3 is 0 Å². The van der Waals surface area contributed by atoms with E-state index in [9.17, 15) is 14.4 Å². The highest BCUT2D eigenvalue weighted by molar-refractivity contribution is 6.06. The molecule has 0 aromatic heterocycles. The van der Waals surface area contributed by atoms with Crippen molar-refractivity contribution in [1.29, 1.82) is 5.26 Å². The van der Waals surface area contributed by atoms with Gasteiger partial charge in [-0.05, 0) is 54.1 Å². The lowest BCUT2D eigenvalue weighted by Gasteiger charge is -2.28. The number of benzene rings is 3. The third-order valence-corrected chi connectivity index (χ3v) is 4.16. The lowest BCUT2D eigenvalue weighted by Crippen LogP contribution is -2.34. The molecule has 3 aromatic carbocycles. The van der Waals surface area contributed by atoms with Crippen LogP contribution in [0.3, 0.4) is 0 Å². The van der Waals surface area contributed by atoms with Crippen molar-refractivity contribution in [3.8, 4) is 11.8 Å². The minimum absolute atomic E-state index is 0.300. The highest BCUT2D eigenvalue weighted by atomic mass is 19.1. The fraction of sp³-hybridized carbons (Fsp3) is 0.0909. The molecule has 27 heavy (non-hydrogen) atoms. The van der Waals surface area contributed by atoms with E-state index in [-0.39, 0.29) is 5.91 Å². The first-order valence-corrected chi connectivity index (χ1v) is 8.32. The number of methoxy groups -OCH3 is 1. The van der Waals surface area contributed by atoms with E-state index in [1.807, 2.05) is 6.07 Å².